The van der Waals surface area contributed by atoms with Crippen LogP contribution >= 0.6 is 0 Å². The summed E-state index contributed by atoms with van der Waals surface area (Å²) in [6.07, 6.45) is 6.03. The number of rotatable bonds is 32. The Bertz CT molecular complexity index is 1640. The van der Waals surface area contributed by atoms with Crippen LogP contribution in [0, 0.1) is 11.8 Å². The molecule has 0 radical (unpaired) electrons. The standard InChI is InChI=1S/C43H72N10O12/c1-28(2)24-31(51-43(63)33-10-9-19-52(33)37(57)11-7-6-8-18-53-38(58)12-13-39(53)59)41(61)48-27-36(56)50-32(25-29(3)4)42(62)49-30(5)40(60)47-26-35(55)46-17-21-65-23-22-64-20-14-34(54)45-16-15-44/h12-13,28-33H,6-11,14-27,44H2,1-5H3,(H,45,54)(H,46,55)(H,47,60)(H,48,61)(H,49,62)(H,50,56)(H,51,63)/t30-,31-,32-,33?/m0/s1. The minimum Gasteiger partial charge on any atom is -0.379 e. The van der Waals surface area contributed by atoms with Crippen molar-refractivity contribution in [2.45, 2.75) is 117 Å². The molecule has 0 bridgehead atoms. The first-order chi connectivity index (χ1) is 30.9. The van der Waals surface area contributed by atoms with E-state index in [1.165, 1.54) is 24.0 Å². The zero-order chi connectivity index (χ0) is 48.3. The smallest absolute Gasteiger partial charge is 0.253 e. The van der Waals surface area contributed by atoms with Crippen LogP contribution in [0.2, 0.25) is 0 Å². The molecule has 0 aromatic carbocycles. The van der Waals surface area contributed by atoms with Crippen LogP contribution in [-0.2, 0) is 57.4 Å². The molecule has 1 saturated heterocycles. The minimum absolute atomic E-state index is 0.0204. The van der Waals surface area contributed by atoms with Gasteiger partial charge in [-0.3, -0.25) is 52.8 Å². The van der Waals surface area contributed by atoms with E-state index in [9.17, 15) is 47.9 Å². The highest BCUT2D eigenvalue weighted by atomic mass is 16.5. The molecule has 22 nitrogen and oxygen atoms in total. The van der Waals surface area contributed by atoms with Crippen molar-refractivity contribution in [3.63, 3.8) is 0 Å². The first-order valence-corrected chi connectivity index (χ1v) is 22.6. The number of hydrogen-bond donors (Lipinski definition) is 8. The molecule has 366 valence electrons. The number of nitrogens with one attached hydrogen (secondary N) is 7. The summed E-state index contributed by atoms with van der Waals surface area (Å²) in [4.78, 5) is 129. The number of ether oxygens (including phenoxy) is 2. The maximum Gasteiger partial charge on any atom is 0.253 e. The second-order valence-electron chi connectivity index (χ2n) is 16.8. The van der Waals surface area contributed by atoms with Crippen LogP contribution in [0.3, 0.4) is 0 Å². The summed E-state index contributed by atoms with van der Waals surface area (Å²) in [5, 5.41) is 18.2. The number of carbonyl (C=O) groups excluding carboxylic acids is 10. The molecule has 0 spiro atoms. The van der Waals surface area contributed by atoms with Crippen LogP contribution in [0.1, 0.15) is 92.4 Å². The van der Waals surface area contributed by atoms with Gasteiger partial charge in [0.25, 0.3) is 11.8 Å². The number of carbonyl (C=O) groups is 10. The Morgan fingerprint density at radius 1 is 0.662 bits per heavy atom. The molecule has 0 saturated carbocycles. The SMILES string of the molecule is CC(C)C[C@H](NC(=O)CNC(=O)[C@H](CC(C)C)NC(=O)C1CCCN1C(=O)CCCCCN1C(=O)C=CC1=O)C(=O)N[C@@H](C)C(=O)NCC(=O)NCCOCCOCCC(=O)NCCN. The summed E-state index contributed by atoms with van der Waals surface area (Å²) in [6, 6.07) is -3.89. The fourth-order valence-corrected chi connectivity index (χ4v) is 6.88. The maximum absolute atomic E-state index is 13.5. The zero-order valence-corrected chi connectivity index (χ0v) is 38.6. The molecular formula is C43H72N10O12. The molecule has 4 atom stereocenters. The summed E-state index contributed by atoms with van der Waals surface area (Å²) in [7, 11) is 0. The van der Waals surface area contributed by atoms with Gasteiger partial charge < -0.3 is 57.3 Å². The van der Waals surface area contributed by atoms with Crippen molar-refractivity contribution in [1.29, 1.82) is 0 Å². The first-order valence-electron chi connectivity index (χ1n) is 22.6. The van der Waals surface area contributed by atoms with Gasteiger partial charge in [-0.1, -0.05) is 34.1 Å². The van der Waals surface area contributed by atoms with Gasteiger partial charge >= 0.3 is 0 Å². The van der Waals surface area contributed by atoms with Crippen LogP contribution in [0.25, 0.3) is 0 Å². The van der Waals surface area contributed by atoms with Crippen molar-refractivity contribution in [2.75, 3.05) is 72.2 Å². The lowest BCUT2D eigenvalue weighted by Crippen LogP contribution is -2.56. The van der Waals surface area contributed by atoms with E-state index in [4.69, 9.17) is 15.2 Å². The second-order valence-corrected chi connectivity index (χ2v) is 16.8. The van der Waals surface area contributed by atoms with Crippen molar-refractivity contribution in [3.8, 4) is 0 Å². The normalized spacial score (nSPS) is 16.0. The van der Waals surface area contributed by atoms with Crippen LogP contribution in [0.5, 0.6) is 0 Å². The molecule has 0 aromatic heterocycles. The Kier molecular flexibility index (Phi) is 26.2. The van der Waals surface area contributed by atoms with Gasteiger partial charge in [0, 0.05) is 57.7 Å². The van der Waals surface area contributed by atoms with Crippen LogP contribution in [0.4, 0.5) is 0 Å². The van der Waals surface area contributed by atoms with Crippen molar-refractivity contribution < 1.29 is 57.4 Å². The number of amides is 10. The van der Waals surface area contributed by atoms with E-state index < -0.39 is 66.2 Å². The lowest BCUT2D eigenvalue weighted by molar-refractivity contribution is -0.140. The fraction of sp³-hybridized carbons (Fsp3) is 0.721. The van der Waals surface area contributed by atoms with Gasteiger partial charge in [-0.05, 0) is 57.3 Å². The number of nitrogens with two attached hydrogens (primary N) is 1. The Labute approximate surface area is 381 Å². The van der Waals surface area contributed by atoms with Gasteiger partial charge in [-0.15, -0.1) is 0 Å². The molecule has 2 heterocycles. The Hall–Kier alpha value is -5.48. The zero-order valence-electron chi connectivity index (χ0n) is 38.6. The van der Waals surface area contributed by atoms with Gasteiger partial charge in [0.05, 0.1) is 39.5 Å². The Balaban J connectivity index is 1.77. The van der Waals surface area contributed by atoms with Crippen LogP contribution < -0.4 is 43.0 Å². The van der Waals surface area contributed by atoms with Crippen molar-refractivity contribution >= 4 is 59.1 Å². The average Bonchev–Trinajstić information content (AvgIpc) is 3.88. The Morgan fingerprint density at radius 2 is 1.26 bits per heavy atom. The predicted octanol–water partition coefficient (Wildman–Crippen LogP) is -2.12. The molecule has 0 aliphatic carbocycles. The molecule has 65 heavy (non-hydrogen) atoms. The summed E-state index contributed by atoms with van der Waals surface area (Å²) >= 11 is 0. The number of imide groups is 1. The van der Waals surface area contributed by atoms with E-state index in [1.807, 2.05) is 27.7 Å². The van der Waals surface area contributed by atoms with E-state index in [2.05, 4.69) is 37.2 Å². The molecule has 0 aromatic rings. The largest absolute Gasteiger partial charge is 0.379 e. The van der Waals surface area contributed by atoms with Gasteiger partial charge in [0.2, 0.25) is 47.3 Å². The van der Waals surface area contributed by atoms with Crippen LogP contribution in [-0.4, -0.2) is 165 Å². The first kappa shape index (κ1) is 55.7. The summed E-state index contributed by atoms with van der Waals surface area (Å²) in [5.74, 6) is -4.65. The monoisotopic (exact) mass is 921 g/mol. The van der Waals surface area contributed by atoms with E-state index >= 15 is 0 Å². The summed E-state index contributed by atoms with van der Waals surface area (Å²) < 4.78 is 10.7. The van der Waals surface area contributed by atoms with E-state index in [0.717, 1.165) is 4.90 Å². The number of likely N-dealkylation sites (tertiary alicyclic amines) is 1. The third-order valence-electron chi connectivity index (χ3n) is 10.2. The highest BCUT2D eigenvalue weighted by molar-refractivity contribution is 6.12. The number of hydrogen-bond acceptors (Lipinski definition) is 13. The molecule has 9 N–H and O–H groups in total. The molecule has 22 heteroatoms. The predicted molar refractivity (Wildman–Crippen MR) is 237 cm³/mol. The second kappa shape index (κ2) is 30.6. The lowest BCUT2D eigenvalue weighted by atomic mass is 10.0. The molecule has 2 aliphatic heterocycles. The summed E-state index contributed by atoms with van der Waals surface area (Å²) in [5.41, 5.74) is 5.33. The number of unbranched alkanes of at least 4 members (excludes halogenated alkanes) is 2. The molecular weight excluding hydrogens is 849 g/mol. The third kappa shape index (κ3) is 22.3. The molecule has 2 rings (SSSR count). The van der Waals surface area contributed by atoms with Gasteiger partial charge in [-0.2, -0.15) is 0 Å². The summed E-state index contributed by atoms with van der Waals surface area (Å²) in [6.45, 7) is 10.5. The van der Waals surface area contributed by atoms with Crippen molar-refractivity contribution in [1.82, 2.24) is 47.0 Å². The Morgan fingerprint density at radius 3 is 1.91 bits per heavy atom. The molecule has 10 amide bonds. The maximum atomic E-state index is 13.5. The lowest BCUT2D eigenvalue weighted by Gasteiger charge is -2.27. The highest BCUT2D eigenvalue weighted by Crippen LogP contribution is 2.20. The topological polar surface area (TPSA) is 306 Å². The minimum atomic E-state index is -1.06. The van der Waals surface area contributed by atoms with E-state index in [1.54, 1.807) is 0 Å². The average molecular weight is 921 g/mol. The number of nitrogens with zero attached hydrogens (tertiary/aromatic N) is 2. The highest BCUT2D eigenvalue weighted by Gasteiger charge is 2.36. The quantitative estimate of drug-likeness (QED) is 0.0265. The van der Waals surface area contributed by atoms with Crippen molar-refractivity contribution in [3.05, 3.63) is 12.2 Å². The van der Waals surface area contributed by atoms with Crippen LogP contribution in [0.15, 0.2) is 12.2 Å². The molecule has 1 fully saturated rings. The van der Waals surface area contributed by atoms with Gasteiger partial charge in [0.15, 0.2) is 0 Å². The van der Waals surface area contributed by atoms with Gasteiger partial charge in [-0.25, -0.2) is 0 Å². The van der Waals surface area contributed by atoms with E-state index in [0.29, 0.717) is 51.7 Å². The van der Waals surface area contributed by atoms with Crippen molar-refractivity contribution in [2.24, 2.45) is 17.6 Å². The van der Waals surface area contributed by atoms with E-state index in [-0.39, 0.29) is 107 Å². The third-order valence-corrected chi connectivity index (χ3v) is 10.2. The fourth-order valence-electron chi connectivity index (χ4n) is 6.88. The molecule has 1 unspecified atom stereocenters. The van der Waals surface area contributed by atoms with Gasteiger partial charge in [0.1, 0.15) is 24.2 Å². The molecule has 2 aliphatic rings.